The number of anilines is 1. The second-order valence-corrected chi connectivity index (χ2v) is 8.57. The monoisotopic (exact) mass is 396 g/mol. The number of aryl methyl sites for hydroxylation is 1. The van der Waals surface area contributed by atoms with Crippen molar-refractivity contribution in [3.8, 4) is 0 Å². The van der Waals surface area contributed by atoms with Gasteiger partial charge in [-0.25, -0.2) is 8.42 Å². The van der Waals surface area contributed by atoms with E-state index in [-0.39, 0.29) is 29.4 Å². The third-order valence-corrected chi connectivity index (χ3v) is 6.66. The van der Waals surface area contributed by atoms with E-state index >= 15 is 0 Å². The van der Waals surface area contributed by atoms with Crippen molar-refractivity contribution < 1.29 is 13.3 Å². The molecule has 1 aromatic carbocycles. The zero-order chi connectivity index (χ0) is 19.3. The van der Waals surface area contributed by atoms with Gasteiger partial charge in [0.1, 0.15) is 4.90 Å². The van der Waals surface area contributed by atoms with Crippen molar-refractivity contribution in [3.63, 3.8) is 0 Å². The minimum atomic E-state index is -3.88. The summed E-state index contributed by atoms with van der Waals surface area (Å²) in [7, 11) is -3.88. The maximum absolute atomic E-state index is 12.8. The molecule has 0 aliphatic heterocycles. The Morgan fingerprint density at radius 2 is 1.96 bits per heavy atom. The van der Waals surface area contributed by atoms with E-state index in [1.165, 1.54) is 16.4 Å². The minimum Gasteiger partial charge on any atom is -0.277 e. The first-order chi connectivity index (χ1) is 12.3. The van der Waals surface area contributed by atoms with Crippen LogP contribution in [0.5, 0.6) is 0 Å². The Bertz CT molecular complexity index is 918. The number of hydrogen-bond acceptors (Lipinski definition) is 7. The number of benzene rings is 1. The minimum absolute atomic E-state index is 0.171. The lowest BCUT2D eigenvalue weighted by atomic mass is 10.3. The second kappa shape index (κ2) is 8.39. The predicted octanol–water partition coefficient (Wildman–Crippen LogP) is 3.44. The first kappa shape index (κ1) is 20.0. The van der Waals surface area contributed by atoms with Crippen LogP contribution in [0.3, 0.4) is 0 Å². The molecule has 0 aliphatic carbocycles. The summed E-state index contributed by atoms with van der Waals surface area (Å²) in [5.41, 5.74) is 2.59. The molecule has 0 bridgehead atoms. The van der Waals surface area contributed by atoms with Crippen LogP contribution < -0.4 is 5.43 Å². The molecule has 2 aromatic rings. The first-order valence-corrected chi connectivity index (χ1v) is 10.2. The van der Waals surface area contributed by atoms with Crippen LogP contribution in [-0.4, -0.2) is 37.0 Å². The Kier molecular flexibility index (Phi) is 6.46. The van der Waals surface area contributed by atoms with Gasteiger partial charge in [0, 0.05) is 35.0 Å². The van der Waals surface area contributed by atoms with Gasteiger partial charge in [-0.3, -0.25) is 15.5 Å². The Morgan fingerprint density at radius 1 is 1.27 bits per heavy atom. The van der Waals surface area contributed by atoms with Crippen LogP contribution in [0.4, 0.5) is 11.4 Å². The Balaban J connectivity index is 2.42. The van der Waals surface area contributed by atoms with Gasteiger partial charge in [0.05, 0.1) is 16.8 Å². The normalized spacial score (nSPS) is 12.0. The number of nitro groups is 1. The summed E-state index contributed by atoms with van der Waals surface area (Å²) < 4.78 is 26.9. The third kappa shape index (κ3) is 4.45. The predicted molar refractivity (Wildman–Crippen MR) is 103 cm³/mol. The Morgan fingerprint density at radius 3 is 2.50 bits per heavy atom. The zero-order valence-corrected chi connectivity index (χ0v) is 16.3. The number of non-ortho nitro benzene ring substituents is 1. The lowest BCUT2D eigenvalue weighted by Gasteiger charge is -2.20. The fourth-order valence-corrected chi connectivity index (χ4v) is 4.69. The summed E-state index contributed by atoms with van der Waals surface area (Å²) in [6.45, 7) is 5.92. The van der Waals surface area contributed by atoms with E-state index in [2.05, 4.69) is 10.5 Å². The lowest BCUT2D eigenvalue weighted by molar-refractivity contribution is -0.385. The van der Waals surface area contributed by atoms with Crippen molar-refractivity contribution in [2.75, 3.05) is 18.5 Å². The molecule has 0 atom stereocenters. The average molecular weight is 396 g/mol. The second-order valence-electron chi connectivity index (χ2n) is 5.35. The molecule has 10 heteroatoms. The number of hydrogen-bond donors (Lipinski definition) is 1. The maximum atomic E-state index is 12.8. The number of thiophene rings is 1. The molecule has 0 spiro atoms. The smallest absolute Gasteiger partial charge is 0.270 e. The summed E-state index contributed by atoms with van der Waals surface area (Å²) in [5, 5.41) is 15.1. The van der Waals surface area contributed by atoms with E-state index in [0.29, 0.717) is 0 Å². The third-order valence-electron chi connectivity index (χ3n) is 3.64. The molecule has 26 heavy (non-hydrogen) atoms. The van der Waals surface area contributed by atoms with Gasteiger partial charge in [-0.05, 0) is 25.1 Å². The van der Waals surface area contributed by atoms with Gasteiger partial charge in [-0.15, -0.1) is 11.3 Å². The number of nitro benzene ring substituents is 1. The maximum Gasteiger partial charge on any atom is 0.270 e. The van der Waals surface area contributed by atoms with Crippen molar-refractivity contribution in [2.45, 2.75) is 25.7 Å². The SMILES string of the molecule is CCN(CC)S(=O)(=O)c1cc([N+](=O)[O-])ccc1N/N=C/c1ccc(C)s1. The van der Waals surface area contributed by atoms with Crippen LogP contribution in [0.2, 0.25) is 0 Å². The molecule has 1 aromatic heterocycles. The molecular formula is C16H20N4O4S2. The van der Waals surface area contributed by atoms with Crippen LogP contribution in [0, 0.1) is 17.0 Å². The summed E-state index contributed by atoms with van der Waals surface area (Å²) >= 11 is 1.55. The molecule has 2 rings (SSSR count). The highest BCUT2D eigenvalue weighted by Crippen LogP contribution is 2.29. The number of nitrogens with one attached hydrogen (secondary N) is 1. The topological polar surface area (TPSA) is 105 Å². The Labute approximate surface area is 156 Å². The molecule has 0 saturated carbocycles. The van der Waals surface area contributed by atoms with Crippen LogP contribution in [0.15, 0.2) is 40.3 Å². The van der Waals surface area contributed by atoms with Gasteiger partial charge in [-0.2, -0.15) is 9.41 Å². The molecule has 8 nitrogen and oxygen atoms in total. The molecule has 1 N–H and O–H groups in total. The summed E-state index contributed by atoms with van der Waals surface area (Å²) in [5.74, 6) is 0. The van der Waals surface area contributed by atoms with E-state index in [1.807, 2.05) is 19.1 Å². The average Bonchev–Trinajstić information content (AvgIpc) is 3.01. The molecule has 140 valence electrons. The molecule has 0 fully saturated rings. The van der Waals surface area contributed by atoms with Crippen LogP contribution in [-0.2, 0) is 10.0 Å². The summed E-state index contributed by atoms with van der Waals surface area (Å²) in [6.07, 6.45) is 1.58. The Hall–Kier alpha value is -2.30. The number of hydrazone groups is 1. The summed E-state index contributed by atoms with van der Waals surface area (Å²) in [4.78, 5) is 12.3. The van der Waals surface area contributed by atoms with Gasteiger partial charge < -0.3 is 0 Å². The van der Waals surface area contributed by atoms with E-state index < -0.39 is 14.9 Å². The molecule has 0 radical (unpaired) electrons. The number of nitrogens with zero attached hydrogens (tertiary/aromatic N) is 3. The highest BCUT2D eigenvalue weighted by molar-refractivity contribution is 7.89. The van der Waals surface area contributed by atoms with Crippen LogP contribution in [0.25, 0.3) is 0 Å². The van der Waals surface area contributed by atoms with Gasteiger partial charge in [-0.1, -0.05) is 13.8 Å². The lowest BCUT2D eigenvalue weighted by Crippen LogP contribution is -2.31. The van der Waals surface area contributed by atoms with E-state index in [4.69, 9.17) is 0 Å². The molecule has 0 saturated heterocycles. The van der Waals surface area contributed by atoms with Gasteiger partial charge in [0.25, 0.3) is 5.69 Å². The van der Waals surface area contributed by atoms with Gasteiger partial charge in [0.15, 0.2) is 0 Å². The fraction of sp³-hybridized carbons (Fsp3) is 0.312. The van der Waals surface area contributed by atoms with Crippen molar-refractivity contribution in [3.05, 3.63) is 50.2 Å². The zero-order valence-electron chi connectivity index (χ0n) is 14.7. The molecule has 0 unspecified atom stereocenters. The first-order valence-electron chi connectivity index (χ1n) is 7.93. The summed E-state index contributed by atoms with van der Waals surface area (Å²) in [6, 6.07) is 7.50. The molecule has 0 aliphatic rings. The van der Waals surface area contributed by atoms with Gasteiger partial charge in [0.2, 0.25) is 10.0 Å². The standard InChI is InChI=1S/C16H20N4O4S2/c1-4-19(5-2)26(23,24)16-10-13(20(21)22)7-9-15(16)18-17-11-14-8-6-12(3)25-14/h6-11,18H,4-5H2,1-3H3/b17-11+. The van der Waals surface area contributed by atoms with Crippen molar-refractivity contribution >= 4 is 38.9 Å². The quantitative estimate of drug-likeness (QED) is 0.418. The van der Waals surface area contributed by atoms with E-state index in [9.17, 15) is 18.5 Å². The van der Waals surface area contributed by atoms with Crippen molar-refractivity contribution in [1.29, 1.82) is 0 Å². The molecule has 0 amide bonds. The van der Waals surface area contributed by atoms with Crippen molar-refractivity contribution in [2.24, 2.45) is 5.10 Å². The van der Waals surface area contributed by atoms with Gasteiger partial charge >= 0.3 is 0 Å². The molecule has 1 heterocycles. The van der Waals surface area contributed by atoms with E-state index in [1.54, 1.807) is 31.4 Å². The highest BCUT2D eigenvalue weighted by Gasteiger charge is 2.27. The highest BCUT2D eigenvalue weighted by atomic mass is 32.2. The van der Waals surface area contributed by atoms with Crippen molar-refractivity contribution in [1.82, 2.24) is 4.31 Å². The largest absolute Gasteiger partial charge is 0.277 e. The number of rotatable bonds is 8. The van der Waals surface area contributed by atoms with E-state index in [0.717, 1.165) is 15.8 Å². The molecular weight excluding hydrogens is 376 g/mol. The number of sulfonamides is 1. The van der Waals surface area contributed by atoms with Crippen LogP contribution in [0.1, 0.15) is 23.6 Å². The fourth-order valence-electron chi connectivity index (χ4n) is 2.32. The van der Waals surface area contributed by atoms with Crippen LogP contribution >= 0.6 is 11.3 Å².